The molecule has 4 heterocycles. The Morgan fingerprint density at radius 3 is 2.48 bits per heavy atom. The number of nitriles is 1. The molecule has 3 aliphatic carbocycles. The molecule has 12 heteroatoms. The van der Waals surface area contributed by atoms with Gasteiger partial charge in [0.25, 0.3) is 0 Å². The Bertz CT molecular complexity index is 1480. The van der Waals surface area contributed by atoms with E-state index in [0.717, 1.165) is 57.8 Å². The van der Waals surface area contributed by atoms with Gasteiger partial charge in [-0.05, 0) is 88.0 Å². The normalized spacial score (nSPS) is 32.4. The Hall–Kier alpha value is -2.69. The van der Waals surface area contributed by atoms with Gasteiger partial charge in [-0.1, -0.05) is 51.1 Å². The van der Waals surface area contributed by atoms with E-state index in [1.165, 1.54) is 0 Å². The first-order chi connectivity index (χ1) is 24.8. The van der Waals surface area contributed by atoms with Gasteiger partial charge in [0.2, 0.25) is 5.91 Å². The van der Waals surface area contributed by atoms with Crippen LogP contribution >= 0.6 is 0 Å². The topological polar surface area (TPSA) is 117 Å². The highest BCUT2D eigenvalue weighted by molar-refractivity contribution is 6.47. The SMILES string of the molecule is CC(CC(C#N)C(=O)N1CCC[C@H](OC(=O)N[C@@H](Cc2ccccc2)B2O[C@@H]3CC4CC(C4(C)C)[C@]3(C)O2)C1)C(C)(C)N1CCN(C2COC2)CC1. The minimum absolute atomic E-state index is 0.00219. The van der Waals surface area contributed by atoms with E-state index >= 15 is 0 Å². The number of amides is 2. The first-order valence-corrected chi connectivity index (χ1v) is 19.9. The van der Waals surface area contributed by atoms with Crippen LogP contribution in [-0.4, -0.2) is 122 Å². The molecule has 1 N–H and O–H groups in total. The summed E-state index contributed by atoms with van der Waals surface area (Å²) in [5.41, 5.74) is 0.746. The van der Waals surface area contributed by atoms with E-state index in [1.807, 2.05) is 30.3 Å². The van der Waals surface area contributed by atoms with E-state index in [4.69, 9.17) is 18.8 Å². The summed E-state index contributed by atoms with van der Waals surface area (Å²) in [7, 11) is -0.591. The van der Waals surface area contributed by atoms with Crippen LogP contribution in [0.4, 0.5) is 4.79 Å². The Balaban J connectivity index is 0.940. The van der Waals surface area contributed by atoms with Crippen molar-refractivity contribution in [2.24, 2.45) is 29.1 Å². The lowest BCUT2D eigenvalue weighted by molar-refractivity contribution is -0.199. The molecule has 1 aromatic rings. The van der Waals surface area contributed by atoms with Crippen molar-refractivity contribution >= 4 is 19.1 Å². The van der Waals surface area contributed by atoms with Gasteiger partial charge in [-0.2, -0.15) is 5.26 Å². The molecule has 0 radical (unpaired) electrons. The Labute approximate surface area is 311 Å². The predicted octanol–water partition coefficient (Wildman–Crippen LogP) is 4.54. The summed E-state index contributed by atoms with van der Waals surface area (Å²) >= 11 is 0. The quantitative estimate of drug-likeness (QED) is 0.330. The molecule has 2 bridgehead atoms. The summed E-state index contributed by atoms with van der Waals surface area (Å²) in [4.78, 5) is 34.2. The van der Waals surface area contributed by atoms with Crippen LogP contribution in [0.2, 0.25) is 0 Å². The van der Waals surface area contributed by atoms with Crippen LogP contribution in [0.15, 0.2) is 30.3 Å². The zero-order valence-corrected chi connectivity index (χ0v) is 32.2. The van der Waals surface area contributed by atoms with E-state index in [9.17, 15) is 14.9 Å². The third kappa shape index (κ3) is 7.25. The van der Waals surface area contributed by atoms with Gasteiger partial charge < -0.3 is 29.0 Å². The van der Waals surface area contributed by atoms with Crippen molar-refractivity contribution < 1.29 is 28.4 Å². The number of nitrogens with one attached hydrogen (secondary N) is 1. The van der Waals surface area contributed by atoms with Crippen LogP contribution in [0.1, 0.15) is 79.2 Å². The van der Waals surface area contributed by atoms with Crippen molar-refractivity contribution in [2.45, 2.75) is 115 Å². The minimum Gasteiger partial charge on any atom is -0.444 e. The molecule has 4 aliphatic heterocycles. The Morgan fingerprint density at radius 1 is 1.10 bits per heavy atom. The van der Waals surface area contributed by atoms with Crippen LogP contribution in [0, 0.1) is 40.4 Å². The number of ether oxygens (including phenoxy) is 2. The molecule has 1 aromatic carbocycles. The number of piperidine rings is 1. The molecule has 2 amide bonds. The molecule has 4 unspecified atom stereocenters. The molecule has 0 aromatic heterocycles. The number of hydrogen-bond donors (Lipinski definition) is 1. The molecule has 7 fully saturated rings. The summed E-state index contributed by atoms with van der Waals surface area (Å²) in [5, 5.41) is 13.3. The van der Waals surface area contributed by atoms with Crippen LogP contribution in [0.5, 0.6) is 0 Å². The summed E-state index contributed by atoms with van der Waals surface area (Å²) in [6.07, 6.45) is 3.54. The third-order valence-corrected chi connectivity index (χ3v) is 14.4. The molecular formula is C40H60BN5O6. The molecule has 0 spiro atoms. The summed E-state index contributed by atoms with van der Waals surface area (Å²) in [5.74, 6) is -0.180. The first kappa shape index (κ1) is 37.6. The third-order valence-electron chi connectivity index (χ3n) is 14.4. The monoisotopic (exact) mass is 717 g/mol. The lowest BCUT2D eigenvalue weighted by Crippen LogP contribution is -2.65. The summed E-state index contributed by atoms with van der Waals surface area (Å²) in [6, 6.07) is 13.0. The smallest absolute Gasteiger partial charge is 0.444 e. The Kier molecular flexibility index (Phi) is 10.8. The van der Waals surface area contributed by atoms with E-state index < -0.39 is 36.8 Å². The number of piperazine rings is 1. The number of carbonyl (C=O) groups excluding carboxylic acids is 2. The molecule has 3 saturated carbocycles. The number of benzene rings is 1. The second-order valence-corrected chi connectivity index (χ2v) is 17.9. The number of nitrogens with zero attached hydrogens (tertiary/aromatic N) is 4. The van der Waals surface area contributed by atoms with Crippen LogP contribution < -0.4 is 5.32 Å². The average Bonchev–Trinajstić information content (AvgIpc) is 3.47. The van der Waals surface area contributed by atoms with Crippen molar-refractivity contribution in [2.75, 3.05) is 52.5 Å². The van der Waals surface area contributed by atoms with Gasteiger partial charge in [-0.3, -0.25) is 14.6 Å². The number of rotatable bonds is 11. The molecule has 284 valence electrons. The molecule has 52 heavy (non-hydrogen) atoms. The molecule has 7 aliphatic rings. The average molecular weight is 718 g/mol. The maximum absolute atomic E-state index is 13.8. The fraction of sp³-hybridized carbons (Fsp3) is 0.775. The van der Waals surface area contributed by atoms with E-state index in [0.29, 0.717) is 50.1 Å². The largest absolute Gasteiger partial charge is 0.482 e. The van der Waals surface area contributed by atoms with Crippen molar-refractivity contribution in [3.05, 3.63) is 35.9 Å². The van der Waals surface area contributed by atoms with Gasteiger partial charge in [0.15, 0.2) is 0 Å². The zero-order valence-electron chi connectivity index (χ0n) is 32.2. The number of likely N-dealkylation sites (tertiary alicyclic amines) is 1. The van der Waals surface area contributed by atoms with Gasteiger partial charge in [0.1, 0.15) is 12.0 Å². The summed E-state index contributed by atoms with van der Waals surface area (Å²) in [6.45, 7) is 20.0. The number of hydrogen-bond acceptors (Lipinski definition) is 9. The zero-order chi connectivity index (χ0) is 36.8. The number of carbonyl (C=O) groups is 2. The standard InChI is InChI=1S/C40H60BN5O6/c1-27(39(4,5)46-17-15-44(16-18-46)31-25-49-26-31)19-29(23-42)36(47)45-14-10-13-32(24-45)50-37(48)43-35(20-28-11-8-7-9-12-28)41-51-34-22-30-21-33(38(30,2)3)40(34,6)52-41/h7-9,11-12,27,29-35H,10,13-22,24-26H2,1-6H3,(H,43,48)/t27?,29?,30?,32-,33?,34+,35-,40-/m0/s1. The fourth-order valence-electron chi connectivity index (χ4n) is 10.2. The van der Waals surface area contributed by atoms with Crippen molar-refractivity contribution in [1.82, 2.24) is 20.0 Å². The van der Waals surface area contributed by atoms with Crippen molar-refractivity contribution in [3.63, 3.8) is 0 Å². The van der Waals surface area contributed by atoms with Crippen LogP contribution in [0.3, 0.4) is 0 Å². The van der Waals surface area contributed by atoms with Gasteiger partial charge in [0, 0.05) is 38.3 Å². The molecule has 8 atom stereocenters. The van der Waals surface area contributed by atoms with Gasteiger partial charge in [-0.15, -0.1) is 0 Å². The second kappa shape index (κ2) is 14.9. The Morgan fingerprint density at radius 2 is 1.83 bits per heavy atom. The second-order valence-electron chi connectivity index (χ2n) is 17.9. The van der Waals surface area contributed by atoms with E-state index in [2.05, 4.69) is 62.7 Å². The highest BCUT2D eigenvalue weighted by Gasteiger charge is 2.68. The highest BCUT2D eigenvalue weighted by Crippen LogP contribution is 2.65. The molecular weight excluding hydrogens is 657 g/mol. The summed E-state index contributed by atoms with van der Waals surface area (Å²) < 4.78 is 24.8. The van der Waals surface area contributed by atoms with Crippen LogP contribution in [-0.2, 0) is 30.0 Å². The fourth-order valence-corrected chi connectivity index (χ4v) is 10.2. The molecule has 11 nitrogen and oxygen atoms in total. The lowest BCUT2D eigenvalue weighted by atomic mass is 9.43. The van der Waals surface area contributed by atoms with E-state index in [-0.39, 0.29) is 35.4 Å². The van der Waals surface area contributed by atoms with Crippen LogP contribution in [0.25, 0.3) is 0 Å². The van der Waals surface area contributed by atoms with Crippen molar-refractivity contribution in [1.29, 1.82) is 5.26 Å². The number of alkyl carbamates (subject to hydrolysis) is 1. The van der Waals surface area contributed by atoms with Gasteiger partial charge in [0.05, 0.1) is 49.5 Å². The van der Waals surface area contributed by atoms with E-state index in [1.54, 1.807) is 4.90 Å². The predicted molar refractivity (Wildman–Crippen MR) is 198 cm³/mol. The molecule has 8 rings (SSSR count). The van der Waals surface area contributed by atoms with Gasteiger partial charge >= 0.3 is 13.2 Å². The van der Waals surface area contributed by atoms with Gasteiger partial charge in [-0.25, -0.2) is 4.79 Å². The molecule has 4 saturated heterocycles. The maximum Gasteiger partial charge on any atom is 0.482 e. The first-order valence-electron chi connectivity index (χ1n) is 19.9. The highest BCUT2D eigenvalue weighted by atomic mass is 16.7. The van der Waals surface area contributed by atoms with Crippen molar-refractivity contribution in [3.8, 4) is 6.07 Å². The maximum atomic E-state index is 13.8. The minimum atomic E-state index is -0.747. The lowest BCUT2D eigenvalue weighted by Gasteiger charge is -2.64.